The summed E-state index contributed by atoms with van der Waals surface area (Å²) in [6.07, 6.45) is 3.84. The van der Waals surface area contributed by atoms with Crippen LogP contribution in [-0.4, -0.2) is 27.0 Å². The van der Waals surface area contributed by atoms with Crippen LogP contribution >= 0.6 is 0 Å². The van der Waals surface area contributed by atoms with Crippen LogP contribution in [0.3, 0.4) is 0 Å². The molecule has 2 N–H and O–H groups in total. The lowest BCUT2D eigenvalue weighted by atomic mass is 10.3. The minimum Gasteiger partial charge on any atom is -0.487 e. The lowest BCUT2D eigenvalue weighted by molar-refractivity contribution is -0.118. The van der Waals surface area contributed by atoms with Crippen LogP contribution < -0.4 is 10.1 Å². The molecule has 0 unspecified atom stereocenters. The molecule has 0 spiro atoms. The molecule has 3 aromatic rings. The molecule has 0 aliphatic carbocycles. The van der Waals surface area contributed by atoms with Crippen molar-refractivity contribution in [1.82, 2.24) is 9.38 Å². The summed E-state index contributed by atoms with van der Waals surface area (Å²) in [5, 5.41) is 11.3. The second-order valence-corrected chi connectivity index (χ2v) is 4.72. The van der Waals surface area contributed by atoms with Gasteiger partial charge in [-0.25, -0.2) is 4.98 Å². The van der Waals surface area contributed by atoms with Crippen LogP contribution in [0.25, 0.3) is 5.65 Å². The maximum Gasteiger partial charge on any atom is 0.250 e. The lowest BCUT2D eigenvalue weighted by Gasteiger charge is -2.07. The normalized spacial score (nSPS) is 10.6. The first-order valence-electron chi connectivity index (χ1n) is 6.81. The highest BCUT2D eigenvalue weighted by Gasteiger charge is 2.04. The van der Waals surface area contributed by atoms with Crippen molar-refractivity contribution < 1.29 is 14.6 Å². The number of aromatic nitrogens is 2. The Bertz CT molecular complexity index is 765. The lowest BCUT2D eigenvalue weighted by Crippen LogP contribution is -2.15. The van der Waals surface area contributed by atoms with Crippen molar-refractivity contribution in [3.05, 3.63) is 60.6 Å². The molecule has 6 heteroatoms. The van der Waals surface area contributed by atoms with Crippen molar-refractivity contribution in [1.29, 1.82) is 0 Å². The van der Waals surface area contributed by atoms with Crippen molar-refractivity contribution in [2.45, 2.75) is 6.61 Å². The van der Waals surface area contributed by atoms with Crippen LogP contribution in [0.2, 0.25) is 0 Å². The number of aliphatic hydroxyl groups is 1. The summed E-state index contributed by atoms with van der Waals surface area (Å²) >= 11 is 0. The van der Waals surface area contributed by atoms with E-state index in [-0.39, 0.29) is 0 Å². The molecule has 1 aromatic carbocycles. The molecule has 0 atom stereocenters. The third-order valence-corrected chi connectivity index (χ3v) is 3.06. The van der Waals surface area contributed by atoms with E-state index in [0.29, 0.717) is 18.0 Å². The Balaban J connectivity index is 1.68. The molecule has 22 heavy (non-hydrogen) atoms. The molecule has 0 fully saturated rings. The summed E-state index contributed by atoms with van der Waals surface area (Å²) in [6.45, 7) is -0.217. The van der Waals surface area contributed by atoms with Gasteiger partial charge < -0.3 is 19.6 Å². The zero-order valence-electron chi connectivity index (χ0n) is 11.8. The van der Waals surface area contributed by atoms with Gasteiger partial charge in [0.15, 0.2) is 0 Å². The molecule has 0 radical (unpaired) electrons. The fraction of sp³-hybridized carbons (Fsp3) is 0.125. The summed E-state index contributed by atoms with van der Waals surface area (Å²) in [4.78, 5) is 15.6. The maximum atomic E-state index is 11.2. The first-order chi connectivity index (χ1) is 10.7. The summed E-state index contributed by atoms with van der Waals surface area (Å²) < 4.78 is 7.62. The Hall–Kier alpha value is -2.86. The van der Waals surface area contributed by atoms with Crippen LogP contribution in [0.4, 0.5) is 5.69 Å². The first-order valence-corrected chi connectivity index (χ1v) is 6.81. The zero-order chi connectivity index (χ0) is 15.4. The van der Waals surface area contributed by atoms with Crippen LogP contribution in [0.15, 0.2) is 54.9 Å². The number of hydrogen-bond acceptors (Lipinski definition) is 4. The van der Waals surface area contributed by atoms with Gasteiger partial charge in [-0.05, 0) is 24.3 Å². The number of anilines is 1. The molecule has 6 nitrogen and oxygen atoms in total. The van der Waals surface area contributed by atoms with Crippen LogP contribution in [0, 0.1) is 0 Å². The van der Waals surface area contributed by atoms with Gasteiger partial charge >= 0.3 is 0 Å². The number of carbonyl (C=O) groups excluding carboxylic acids is 1. The Kier molecular flexibility index (Phi) is 4.02. The first kappa shape index (κ1) is 14.1. The van der Waals surface area contributed by atoms with Gasteiger partial charge in [0.05, 0.1) is 5.69 Å². The van der Waals surface area contributed by atoms with Crippen LogP contribution in [0.1, 0.15) is 5.69 Å². The number of nitrogens with zero attached hydrogens (tertiary/aromatic N) is 2. The Morgan fingerprint density at radius 1 is 1.27 bits per heavy atom. The van der Waals surface area contributed by atoms with E-state index < -0.39 is 12.5 Å². The average Bonchev–Trinajstić information content (AvgIpc) is 2.96. The van der Waals surface area contributed by atoms with E-state index in [0.717, 1.165) is 11.3 Å². The highest BCUT2D eigenvalue weighted by Crippen LogP contribution is 2.18. The van der Waals surface area contributed by atoms with Crippen LogP contribution in [0.5, 0.6) is 5.75 Å². The molecule has 112 valence electrons. The number of amides is 1. The Morgan fingerprint density at radius 3 is 3.00 bits per heavy atom. The molecular formula is C16H15N3O3. The topological polar surface area (TPSA) is 75.9 Å². The second-order valence-electron chi connectivity index (χ2n) is 4.72. The van der Waals surface area contributed by atoms with E-state index in [4.69, 9.17) is 9.84 Å². The van der Waals surface area contributed by atoms with Gasteiger partial charge in [-0.15, -0.1) is 0 Å². The van der Waals surface area contributed by atoms with Gasteiger partial charge in [-0.2, -0.15) is 0 Å². The molecule has 0 aliphatic heterocycles. The minimum atomic E-state index is -0.549. The van der Waals surface area contributed by atoms with E-state index in [9.17, 15) is 4.79 Å². The monoisotopic (exact) mass is 297 g/mol. The standard InChI is InChI=1S/C16H15N3O3/c20-10-16(21)18-12-4-3-5-14(8-12)22-11-13-9-19-7-2-1-6-15(19)17-13/h1-9,20H,10-11H2,(H,18,21). The quantitative estimate of drug-likeness (QED) is 0.753. The summed E-state index contributed by atoms with van der Waals surface area (Å²) in [5.74, 6) is 0.158. The molecule has 1 amide bonds. The summed E-state index contributed by atoms with van der Waals surface area (Å²) in [5.41, 5.74) is 2.26. The summed E-state index contributed by atoms with van der Waals surface area (Å²) in [7, 11) is 0. The van der Waals surface area contributed by atoms with Gasteiger partial charge in [0.2, 0.25) is 5.91 Å². The van der Waals surface area contributed by atoms with E-state index in [1.807, 2.05) is 35.0 Å². The molecule has 0 aliphatic rings. The van der Waals surface area contributed by atoms with E-state index in [2.05, 4.69) is 10.3 Å². The van der Waals surface area contributed by atoms with Crippen LogP contribution in [-0.2, 0) is 11.4 Å². The number of benzene rings is 1. The molecular weight excluding hydrogens is 282 g/mol. The number of pyridine rings is 1. The van der Waals surface area contributed by atoms with Gasteiger partial charge in [0.25, 0.3) is 0 Å². The van der Waals surface area contributed by atoms with E-state index in [1.54, 1.807) is 24.3 Å². The highest BCUT2D eigenvalue weighted by atomic mass is 16.5. The number of fused-ring (bicyclic) bond motifs is 1. The van der Waals surface area contributed by atoms with Gasteiger partial charge in [-0.3, -0.25) is 4.79 Å². The fourth-order valence-corrected chi connectivity index (χ4v) is 2.08. The molecule has 2 heterocycles. The number of aliphatic hydroxyl groups excluding tert-OH is 1. The number of hydrogen-bond donors (Lipinski definition) is 2. The average molecular weight is 297 g/mol. The van der Waals surface area contributed by atoms with Gasteiger partial charge in [-0.1, -0.05) is 12.1 Å². The van der Waals surface area contributed by atoms with Crippen molar-refractivity contribution in [3.8, 4) is 5.75 Å². The number of imidazole rings is 1. The van der Waals surface area contributed by atoms with Gasteiger partial charge in [0.1, 0.15) is 24.6 Å². The van der Waals surface area contributed by atoms with E-state index in [1.165, 1.54) is 0 Å². The number of nitrogens with one attached hydrogen (secondary N) is 1. The largest absolute Gasteiger partial charge is 0.487 e. The predicted octanol–water partition coefficient (Wildman–Crippen LogP) is 1.84. The van der Waals surface area contributed by atoms with Crippen molar-refractivity contribution in [2.75, 3.05) is 11.9 Å². The maximum absolute atomic E-state index is 11.2. The second kappa shape index (κ2) is 6.28. The van der Waals surface area contributed by atoms with Gasteiger partial charge in [0, 0.05) is 24.1 Å². The number of carbonyl (C=O) groups is 1. The molecule has 0 bridgehead atoms. The minimum absolute atomic E-state index is 0.332. The number of rotatable bonds is 5. The SMILES string of the molecule is O=C(CO)Nc1cccc(OCc2cn3ccccc3n2)c1. The molecule has 3 rings (SSSR count). The van der Waals surface area contributed by atoms with Crippen molar-refractivity contribution in [3.63, 3.8) is 0 Å². The Labute approximate surface area is 127 Å². The summed E-state index contributed by atoms with van der Waals surface area (Å²) in [6, 6.07) is 12.8. The smallest absolute Gasteiger partial charge is 0.250 e. The zero-order valence-corrected chi connectivity index (χ0v) is 11.8. The number of ether oxygens (including phenoxy) is 1. The highest BCUT2D eigenvalue weighted by molar-refractivity contribution is 5.91. The van der Waals surface area contributed by atoms with E-state index >= 15 is 0 Å². The molecule has 0 saturated carbocycles. The predicted molar refractivity (Wildman–Crippen MR) is 81.7 cm³/mol. The van der Waals surface area contributed by atoms with Crippen molar-refractivity contribution in [2.24, 2.45) is 0 Å². The third kappa shape index (κ3) is 3.24. The third-order valence-electron chi connectivity index (χ3n) is 3.06. The Morgan fingerprint density at radius 2 is 2.18 bits per heavy atom. The molecule has 2 aromatic heterocycles. The fourth-order valence-electron chi connectivity index (χ4n) is 2.08. The molecule has 0 saturated heterocycles. The van der Waals surface area contributed by atoms with Crippen molar-refractivity contribution >= 4 is 17.2 Å².